The molecule has 2 aromatic heterocycles. The fourth-order valence-corrected chi connectivity index (χ4v) is 2.62. The predicted molar refractivity (Wildman–Crippen MR) is 102 cm³/mol. The molecule has 7 nitrogen and oxygen atoms in total. The maximum Gasteiger partial charge on any atom is 0.357 e. The number of aromatic nitrogens is 3. The van der Waals surface area contributed by atoms with Gasteiger partial charge in [0.25, 0.3) is 5.91 Å². The van der Waals surface area contributed by atoms with Crippen LogP contribution in [0.25, 0.3) is 10.9 Å². The first-order valence-corrected chi connectivity index (χ1v) is 8.90. The number of benzene rings is 1. The molecule has 0 aliphatic rings. The molecule has 0 aliphatic heterocycles. The highest BCUT2D eigenvalue weighted by atomic mass is 16.5. The summed E-state index contributed by atoms with van der Waals surface area (Å²) in [6.45, 7) is 5.58. The largest absolute Gasteiger partial charge is 0.448 e. The van der Waals surface area contributed by atoms with Crippen LogP contribution in [-0.4, -0.2) is 32.7 Å². The van der Waals surface area contributed by atoms with Crippen LogP contribution in [0.2, 0.25) is 0 Å². The van der Waals surface area contributed by atoms with E-state index in [1.165, 1.54) is 6.92 Å². The van der Waals surface area contributed by atoms with Crippen LogP contribution in [0.3, 0.4) is 0 Å². The molecule has 3 rings (SSSR count). The molecule has 27 heavy (non-hydrogen) atoms. The van der Waals surface area contributed by atoms with Gasteiger partial charge in [-0.1, -0.05) is 31.2 Å². The number of nitrogens with one attached hydrogen (secondary N) is 1. The summed E-state index contributed by atoms with van der Waals surface area (Å²) in [5.41, 5.74) is 0.861. The first-order valence-electron chi connectivity index (χ1n) is 8.90. The van der Waals surface area contributed by atoms with Crippen LogP contribution in [0.5, 0.6) is 0 Å². The lowest BCUT2D eigenvalue weighted by Gasteiger charge is -2.16. The van der Waals surface area contributed by atoms with E-state index in [4.69, 9.17) is 4.74 Å². The molecule has 0 spiro atoms. The molecule has 0 radical (unpaired) electrons. The Hall–Kier alpha value is -3.22. The van der Waals surface area contributed by atoms with Crippen molar-refractivity contribution in [3.05, 3.63) is 54.4 Å². The van der Waals surface area contributed by atoms with Gasteiger partial charge in [-0.05, 0) is 32.4 Å². The third-order valence-electron chi connectivity index (χ3n) is 4.39. The second-order valence-corrected chi connectivity index (χ2v) is 6.34. The Labute approximate surface area is 157 Å². The van der Waals surface area contributed by atoms with E-state index in [1.54, 1.807) is 29.1 Å². The average Bonchev–Trinajstić information content (AvgIpc) is 3.14. The number of ether oxygens (including phenoxy) is 1. The molecule has 2 atom stereocenters. The van der Waals surface area contributed by atoms with Crippen molar-refractivity contribution in [1.82, 2.24) is 14.8 Å². The zero-order valence-electron chi connectivity index (χ0n) is 15.5. The summed E-state index contributed by atoms with van der Waals surface area (Å²) < 4.78 is 7.01. The number of rotatable bonds is 6. The van der Waals surface area contributed by atoms with Gasteiger partial charge in [0.1, 0.15) is 11.5 Å². The van der Waals surface area contributed by atoms with Crippen molar-refractivity contribution in [3.8, 4) is 0 Å². The lowest BCUT2D eigenvalue weighted by atomic mass is 10.2. The van der Waals surface area contributed by atoms with Crippen molar-refractivity contribution in [1.29, 1.82) is 0 Å². The van der Waals surface area contributed by atoms with Crippen LogP contribution in [0.4, 0.5) is 5.82 Å². The van der Waals surface area contributed by atoms with Crippen LogP contribution in [0.15, 0.2) is 48.7 Å². The van der Waals surface area contributed by atoms with Gasteiger partial charge in [-0.25, -0.2) is 14.5 Å². The molecule has 1 amide bonds. The second-order valence-electron chi connectivity index (χ2n) is 6.34. The minimum Gasteiger partial charge on any atom is -0.448 e. The van der Waals surface area contributed by atoms with Crippen molar-refractivity contribution in [3.63, 3.8) is 0 Å². The summed E-state index contributed by atoms with van der Waals surface area (Å²) in [7, 11) is 0. The predicted octanol–water partition coefficient (Wildman–Crippen LogP) is 3.59. The van der Waals surface area contributed by atoms with Gasteiger partial charge in [-0.15, -0.1) is 0 Å². The molecule has 0 aliphatic carbocycles. The summed E-state index contributed by atoms with van der Waals surface area (Å²) >= 11 is 0. The Morgan fingerprint density at radius 3 is 2.70 bits per heavy atom. The molecular weight excluding hydrogens is 344 g/mol. The maximum atomic E-state index is 12.4. The van der Waals surface area contributed by atoms with Crippen LogP contribution in [-0.2, 0) is 9.53 Å². The summed E-state index contributed by atoms with van der Waals surface area (Å²) in [4.78, 5) is 29.0. The zero-order chi connectivity index (χ0) is 19.4. The Balaban J connectivity index is 1.67. The first kappa shape index (κ1) is 18.6. The van der Waals surface area contributed by atoms with Crippen molar-refractivity contribution in [2.24, 2.45) is 0 Å². The van der Waals surface area contributed by atoms with Crippen LogP contribution >= 0.6 is 0 Å². The highest BCUT2D eigenvalue weighted by Crippen LogP contribution is 2.17. The number of hydrogen-bond acceptors (Lipinski definition) is 5. The molecule has 0 saturated heterocycles. The molecular formula is C20H22N4O3. The van der Waals surface area contributed by atoms with Gasteiger partial charge >= 0.3 is 5.97 Å². The minimum atomic E-state index is -0.967. The Bertz CT molecular complexity index is 967. The van der Waals surface area contributed by atoms with E-state index < -0.39 is 18.0 Å². The molecule has 3 aromatic rings. The molecule has 7 heteroatoms. The number of amides is 1. The number of anilines is 1. The normalized spacial score (nSPS) is 13.1. The molecule has 0 unspecified atom stereocenters. The number of carbonyl (C=O) groups is 2. The van der Waals surface area contributed by atoms with Crippen molar-refractivity contribution < 1.29 is 14.3 Å². The number of hydrogen-bond donors (Lipinski definition) is 1. The summed E-state index contributed by atoms with van der Waals surface area (Å²) in [6.07, 6.45) is 1.53. The Kier molecular flexibility index (Phi) is 5.49. The number of fused-ring (bicyclic) bond motifs is 1. The third kappa shape index (κ3) is 4.13. The number of nitrogens with zero attached hydrogens (tertiary/aromatic N) is 3. The lowest BCUT2D eigenvalue weighted by Crippen LogP contribution is -2.31. The molecule has 140 valence electrons. The average molecular weight is 366 g/mol. The standard InChI is InChI=1S/C20H22N4O3/c1-4-13(2)24-18(11-12-21-24)23-19(25)14(3)27-20(26)17-10-9-15-7-5-6-8-16(15)22-17/h5-14H,4H2,1-3H3,(H,23,25)/t13-,14+/m1/s1. The molecule has 0 bridgehead atoms. The quantitative estimate of drug-likeness (QED) is 0.674. The van der Waals surface area contributed by atoms with Crippen molar-refractivity contribution in [2.75, 3.05) is 5.32 Å². The van der Waals surface area contributed by atoms with Gasteiger partial charge in [0, 0.05) is 11.5 Å². The second kappa shape index (κ2) is 7.99. The topological polar surface area (TPSA) is 86.1 Å². The number of esters is 1. The highest BCUT2D eigenvalue weighted by Gasteiger charge is 2.21. The molecule has 1 aromatic carbocycles. The van der Waals surface area contributed by atoms with Crippen LogP contribution < -0.4 is 5.32 Å². The zero-order valence-corrected chi connectivity index (χ0v) is 15.5. The van der Waals surface area contributed by atoms with Gasteiger partial charge in [0.15, 0.2) is 6.10 Å². The third-order valence-corrected chi connectivity index (χ3v) is 4.39. The van der Waals surface area contributed by atoms with E-state index in [1.807, 2.05) is 38.1 Å². The van der Waals surface area contributed by atoms with E-state index >= 15 is 0 Å². The summed E-state index contributed by atoms with van der Waals surface area (Å²) in [5.74, 6) is -0.492. The molecule has 2 heterocycles. The van der Waals surface area contributed by atoms with Crippen molar-refractivity contribution in [2.45, 2.75) is 39.3 Å². The van der Waals surface area contributed by atoms with Gasteiger partial charge in [-0.2, -0.15) is 5.10 Å². The van der Waals surface area contributed by atoms with E-state index in [2.05, 4.69) is 15.4 Å². The molecule has 1 N–H and O–H groups in total. The number of carbonyl (C=O) groups excluding carboxylic acids is 2. The van der Waals surface area contributed by atoms with Gasteiger partial charge in [0.05, 0.1) is 17.8 Å². The van der Waals surface area contributed by atoms with Gasteiger partial charge < -0.3 is 10.1 Å². The lowest BCUT2D eigenvalue weighted by molar-refractivity contribution is -0.123. The monoisotopic (exact) mass is 366 g/mol. The number of pyridine rings is 1. The SMILES string of the molecule is CC[C@@H](C)n1nccc1NC(=O)[C@H](C)OC(=O)c1ccc2ccccc2n1. The van der Waals surface area contributed by atoms with E-state index in [9.17, 15) is 9.59 Å². The maximum absolute atomic E-state index is 12.4. The van der Waals surface area contributed by atoms with Crippen molar-refractivity contribution >= 4 is 28.6 Å². The summed E-state index contributed by atoms with van der Waals surface area (Å²) in [5, 5.41) is 7.91. The summed E-state index contributed by atoms with van der Waals surface area (Å²) in [6, 6.07) is 12.7. The number of para-hydroxylation sites is 1. The molecule has 0 fully saturated rings. The molecule has 0 saturated carbocycles. The van der Waals surface area contributed by atoms with Crippen LogP contribution in [0.1, 0.15) is 43.7 Å². The Morgan fingerprint density at radius 1 is 1.15 bits per heavy atom. The van der Waals surface area contributed by atoms with Gasteiger partial charge in [0.2, 0.25) is 0 Å². The minimum absolute atomic E-state index is 0.148. The highest BCUT2D eigenvalue weighted by molar-refractivity contribution is 5.97. The fraction of sp³-hybridized carbons (Fsp3) is 0.300. The van der Waals surface area contributed by atoms with E-state index in [-0.39, 0.29) is 11.7 Å². The first-order chi connectivity index (χ1) is 13.0. The van der Waals surface area contributed by atoms with E-state index in [0.29, 0.717) is 11.3 Å². The van der Waals surface area contributed by atoms with Crippen LogP contribution in [0, 0.1) is 0 Å². The fourth-order valence-electron chi connectivity index (χ4n) is 2.62. The van der Waals surface area contributed by atoms with E-state index in [0.717, 1.165) is 11.8 Å². The Morgan fingerprint density at radius 2 is 1.93 bits per heavy atom. The smallest absolute Gasteiger partial charge is 0.357 e. The van der Waals surface area contributed by atoms with Gasteiger partial charge in [-0.3, -0.25) is 4.79 Å².